The molecule has 8 atom stereocenters. The molecule has 2 heteroatoms. The fourth-order valence-corrected chi connectivity index (χ4v) is 8.99. The summed E-state index contributed by atoms with van der Waals surface area (Å²) in [5.41, 5.74) is 2.53. The van der Waals surface area contributed by atoms with Gasteiger partial charge in [-0.25, -0.2) is 0 Å². The highest BCUT2D eigenvalue weighted by atomic mass is 16.5. The van der Waals surface area contributed by atoms with Crippen molar-refractivity contribution in [3.63, 3.8) is 0 Å². The molecule has 0 aromatic rings. The highest BCUT2D eigenvalue weighted by molar-refractivity contribution is 5.66. The number of carbonyl (C=O) groups excluding carboxylic acids is 1. The molecule has 31 heavy (non-hydrogen) atoms. The predicted molar refractivity (Wildman–Crippen MR) is 129 cm³/mol. The van der Waals surface area contributed by atoms with Crippen LogP contribution >= 0.6 is 0 Å². The molecule has 4 aliphatic carbocycles. The first-order chi connectivity index (χ1) is 14.6. The van der Waals surface area contributed by atoms with E-state index < -0.39 is 0 Å². The normalized spacial score (nSPS) is 42.9. The number of esters is 1. The van der Waals surface area contributed by atoms with Gasteiger partial charge < -0.3 is 4.74 Å². The van der Waals surface area contributed by atoms with Crippen LogP contribution in [0, 0.1) is 46.3 Å². The van der Waals surface area contributed by atoms with Gasteiger partial charge in [0.25, 0.3) is 0 Å². The van der Waals surface area contributed by atoms with Crippen LogP contribution < -0.4 is 0 Å². The molecule has 4 rings (SSSR count). The van der Waals surface area contributed by atoms with Crippen LogP contribution in [-0.4, -0.2) is 12.1 Å². The number of rotatable bonds is 6. The maximum atomic E-state index is 11.5. The lowest BCUT2D eigenvalue weighted by atomic mass is 9.47. The summed E-state index contributed by atoms with van der Waals surface area (Å²) in [4.78, 5) is 11.5. The fraction of sp³-hybridized carbons (Fsp3) is 0.897. The molecule has 0 radical (unpaired) electrons. The number of carbonyl (C=O) groups is 1. The topological polar surface area (TPSA) is 26.3 Å². The lowest BCUT2D eigenvalue weighted by molar-refractivity contribution is -0.148. The minimum absolute atomic E-state index is 0.115. The monoisotopic (exact) mass is 428 g/mol. The van der Waals surface area contributed by atoms with Crippen molar-refractivity contribution in [2.75, 3.05) is 0 Å². The maximum absolute atomic E-state index is 11.5. The van der Waals surface area contributed by atoms with Crippen molar-refractivity contribution < 1.29 is 9.53 Å². The Morgan fingerprint density at radius 2 is 1.84 bits per heavy atom. The molecule has 0 heterocycles. The standard InChI is InChI=1S/C29H48O2/c1-19(2)8-7-9-20(3)25-12-13-26-24-11-10-22-18-23(31-21(4)30)14-16-28(22,5)27(24)15-17-29(25,26)6/h10,19-20,23-27H,7-9,11-18H2,1-6H3/t20-,23+,24-,25?,26-,27-,28+,29+/m1/s1. The Hall–Kier alpha value is -0.790. The van der Waals surface area contributed by atoms with Crippen LogP contribution in [-0.2, 0) is 9.53 Å². The second kappa shape index (κ2) is 8.86. The lowest BCUT2D eigenvalue weighted by Crippen LogP contribution is -2.51. The molecule has 176 valence electrons. The van der Waals surface area contributed by atoms with Crippen LogP contribution in [0.4, 0.5) is 0 Å². The summed E-state index contributed by atoms with van der Waals surface area (Å²) in [5, 5.41) is 0. The van der Waals surface area contributed by atoms with Crippen molar-refractivity contribution in [3.8, 4) is 0 Å². The Bertz CT molecular complexity index is 693. The summed E-state index contributed by atoms with van der Waals surface area (Å²) < 4.78 is 5.61. The minimum atomic E-state index is -0.115. The fourth-order valence-electron chi connectivity index (χ4n) is 8.99. The molecule has 2 nitrogen and oxygen atoms in total. The molecule has 3 fully saturated rings. The van der Waals surface area contributed by atoms with Gasteiger partial charge in [0.1, 0.15) is 6.10 Å². The van der Waals surface area contributed by atoms with Crippen molar-refractivity contribution in [2.24, 2.45) is 46.3 Å². The van der Waals surface area contributed by atoms with Crippen molar-refractivity contribution >= 4 is 5.97 Å². The van der Waals surface area contributed by atoms with Gasteiger partial charge in [0.15, 0.2) is 0 Å². The van der Waals surface area contributed by atoms with Gasteiger partial charge in [0, 0.05) is 13.3 Å². The van der Waals surface area contributed by atoms with Crippen molar-refractivity contribution in [1.82, 2.24) is 0 Å². The third-order valence-corrected chi connectivity index (χ3v) is 10.6. The second-order valence-corrected chi connectivity index (χ2v) is 12.8. The molecule has 0 saturated heterocycles. The lowest BCUT2D eigenvalue weighted by Gasteiger charge is -2.58. The summed E-state index contributed by atoms with van der Waals surface area (Å²) in [6.45, 7) is 14.1. The van der Waals surface area contributed by atoms with Crippen LogP contribution in [0.25, 0.3) is 0 Å². The van der Waals surface area contributed by atoms with Gasteiger partial charge in [0.05, 0.1) is 0 Å². The predicted octanol–water partition coefficient (Wildman–Crippen LogP) is 7.96. The van der Waals surface area contributed by atoms with Gasteiger partial charge >= 0.3 is 5.97 Å². The van der Waals surface area contributed by atoms with Crippen LogP contribution in [0.5, 0.6) is 0 Å². The third-order valence-electron chi connectivity index (χ3n) is 10.6. The van der Waals surface area contributed by atoms with E-state index in [4.69, 9.17) is 4.74 Å². The molecule has 0 bridgehead atoms. The van der Waals surface area contributed by atoms with Gasteiger partial charge in [0.2, 0.25) is 0 Å². The molecule has 3 saturated carbocycles. The number of allylic oxidation sites excluding steroid dienone is 1. The number of hydrogen-bond donors (Lipinski definition) is 0. The van der Waals surface area contributed by atoms with E-state index in [2.05, 4.69) is 40.7 Å². The highest BCUT2D eigenvalue weighted by Crippen LogP contribution is 2.67. The number of hydrogen-bond acceptors (Lipinski definition) is 2. The molecule has 4 aliphatic rings. The van der Waals surface area contributed by atoms with E-state index in [1.54, 1.807) is 12.5 Å². The zero-order valence-electron chi connectivity index (χ0n) is 21.2. The third kappa shape index (κ3) is 4.26. The Kier molecular flexibility index (Phi) is 6.68. The summed E-state index contributed by atoms with van der Waals surface area (Å²) in [5.74, 6) is 5.19. The van der Waals surface area contributed by atoms with E-state index in [0.717, 1.165) is 48.3 Å². The first-order valence-corrected chi connectivity index (χ1v) is 13.5. The summed E-state index contributed by atoms with van der Waals surface area (Å²) >= 11 is 0. The molecule has 0 aromatic carbocycles. The average molecular weight is 429 g/mol. The Morgan fingerprint density at radius 3 is 2.55 bits per heavy atom. The zero-order valence-corrected chi connectivity index (χ0v) is 21.2. The van der Waals surface area contributed by atoms with Crippen molar-refractivity contribution in [1.29, 1.82) is 0 Å². The van der Waals surface area contributed by atoms with Gasteiger partial charge in [-0.3, -0.25) is 4.79 Å². The first kappa shape index (κ1) is 23.4. The Labute approximate surface area is 192 Å². The Balaban J connectivity index is 1.47. The van der Waals surface area contributed by atoms with Crippen LogP contribution in [0.15, 0.2) is 11.6 Å². The highest BCUT2D eigenvalue weighted by Gasteiger charge is 2.59. The molecular formula is C29H48O2. The van der Waals surface area contributed by atoms with E-state index >= 15 is 0 Å². The van der Waals surface area contributed by atoms with E-state index in [1.165, 1.54) is 57.8 Å². The molecular weight excluding hydrogens is 380 g/mol. The molecule has 0 N–H and O–H groups in total. The molecule has 0 aromatic heterocycles. The number of fused-ring (bicyclic) bond motifs is 5. The van der Waals surface area contributed by atoms with E-state index in [-0.39, 0.29) is 12.1 Å². The van der Waals surface area contributed by atoms with Gasteiger partial charge in [-0.05, 0) is 91.3 Å². The van der Waals surface area contributed by atoms with Crippen molar-refractivity contribution in [3.05, 3.63) is 11.6 Å². The Morgan fingerprint density at radius 1 is 1.06 bits per heavy atom. The minimum Gasteiger partial charge on any atom is -0.462 e. The van der Waals surface area contributed by atoms with E-state index in [9.17, 15) is 4.79 Å². The summed E-state index contributed by atoms with van der Waals surface area (Å²) in [6.07, 6.45) is 17.2. The molecule has 0 spiro atoms. The van der Waals surface area contributed by atoms with Gasteiger partial charge in [-0.15, -0.1) is 0 Å². The zero-order chi connectivity index (χ0) is 22.4. The van der Waals surface area contributed by atoms with E-state index in [1.807, 2.05) is 0 Å². The van der Waals surface area contributed by atoms with Crippen LogP contribution in [0.1, 0.15) is 112 Å². The second-order valence-electron chi connectivity index (χ2n) is 12.8. The van der Waals surface area contributed by atoms with Crippen LogP contribution in [0.2, 0.25) is 0 Å². The first-order valence-electron chi connectivity index (χ1n) is 13.5. The van der Waals surface area contributed by atoms with Gasteiger partial charge in [-0.1, -0.05) is 65.5 Å². The molecule has 0 aliphatic heterocycles. The SMILES string of the molecule is CC(=O)O[C@H]1CC[C@@]2(C)C(=CC[C@H]3[C@H]2CC[C@@]2(C)C([C@H](C)CCCC(C)C)CC[C@H]32)C1. The van der Waals surface area contributed by atoms with Gasteiger partial charge in [-0.2, -0.15) is 0 Å². The van der Waals surface area contributed by atoms with E-state index in [0.29, 0.717) is 10.8 Å². The number of ether oxygens (including phenoxy) is 1. The quantitative estimate of drug-likeness (QED) is 0.317. The summed E-state index contributed by atoms with van der Waals surface area (Å²) in [7, 11) is 0. The van der Waals surface area contributed by atoms with Crippen LogP contribution in [0.3, 0.4) is 0 Å². The maximum Gasteiger partial charge on any atom is 0.302 e. The largest absolute Gasteiger partial charge is 0.462 e. The summed E-state index contributed by atoms with van der Waals surface area (Å²) in [6, 6.07) is 0. The molecule has 0 amide bonds. The average Bonchev–Trinajstić information content (AvgIpc) is 3.05. The smallest absolute Gasteiger partial charge is 0.302 e. The molecule has 1 unspecified atom stereocenters. The van der Waals surface area contributed by atoms with Crippen molar-refractivity contribution in [2.45, 2.75) is 118 Å².